The number of carboxylic acid groups (broad SMARTS) is 1. The lowest BCUT2D eigenvalue weighted by molar-refractivity contribution is -0.192. The second-order valence-corrected chi connectivity index (χ2v) is 9.03. The predicted octanol–water partition coefficient (Wildman–Crippen LogP) is 3.05. The number of rotatable bonds is 4. The highest BCUT2D eigenvalue weighted by Crippen LogP contribution is 2.35. The second-order valence-electron chi connectivity index (χ2n) is 9.03. The second kappa shape index (κ2) is 11.5. The van der Waals surface area contributed by atoms with Gasteiger partial charge in [-0.25, -0.2) is 4.79 Å². The Kier molecular flexibility index (Phi) is 8.68. The number of pyridine rings is 1. The van der Waals surface area contributed by atoms with Gasteiger partial charge in [0.05, 0.1) is 6.54 Å². The number of likely N-dealkylation sites (tertiary alicyclic amines) is 1. The van der Waals surface area contributed by atoms with Gasteiger partial charge in [0.2, 0.25) is 5.91 Å². The third-order valence-electron chi connectivity index (χ3n) is 6.33. The Labute approximate surface area is 200 Å². The fourth-order valence-corrected chi connectivity index (χ4v) is 4.54. The summed E-state index contributed by atoms with van der Waals surface area (Å²) in [5, 5.41) is 14.1. The maximum Gasteiger partial charge on any atom is 0.490 e. The third kappa shape index (κ3) is 7.40. The number of alkyl halides is 3. The number of carbonyl (C=O) groups is 3. The lowest BCUT2D eigenvalue weighted by atomic mass is 9.85. The molecule has 192 valence electrons. The van der Waals surface area contributed by atoms with Crippen molar-refractivity contribution >= 4 is 23.5 Å². The number of nitrogens with one attached hydrogen (secondary N) is 1. The van der Waals surface area contributed by atoms with E-state index >= 15 is 0 Å². The molecular formula is C23H29F3N4O5. The van der Waals surface area contributed by atoms with E-state index in [1.807, 2.05) is 17.0 Å². The van der Waals surface area contributed by atoms with Crippen LogP contribution >= 0.6 is 0 Å². The number of nitrogens with zero attached hydrogens (tertiary/aromatic N) is 3. The van der Waals surface area contributed by atoms with Crippen molar-refractivity contribution in [3.63, 3.8) is 0 Å². The van der Waals surface area contributed by atoms with E-state index in [1.54, 1.807) is 12.4 Å². The fourth-order valence-electron chi connectivity index (χ4n) is 4.54. The highest BCUT2D eigenvalue weighted by molar-refractivity contribution is 6.39. The van der Waals surface area contributed by atoms with Crippen molar-refractivity contribution in [3.8, 4) is 0 Å². The van der Waals surface area contributed by atoms with Gasteiger partial charge in [0.25, 0.3) is 5.91 Å². The highest BCUT2D eigenvalue weighted by Gasteiger charge is 2.46. The molecule has 1 aromatic rings. The van der Waals surface area contributed by atoms with Gasteiger partial charge in [-0.1, -0.05) is 30.5 Å². The summed E-state index contributed by atoms with van der Waals surface area (Å²) in [6.45, 7) is 1.72. The molecule has 12 heteroatoms. The minimum Gasteiger partial charge on any atom is -0.475 e. The van der Waals surface area contributed by atoms with Crippen LogP contribution in [0.1, 0.15) is 56.9 Å². The smallest absolute Gasteiger partial charge is 0.475 e. The third-order valence-corrected chi connectivity index (χ3v) is 6.33. The van der Waals surface area contributed by atoms with E-state index in [9.17, 15) is 22.8 Å². The zero-order chi connectivity index (χ0) is 25.5. The summed E-state index contributed by atoms with van der Waals surface area (Å²) in [5.74, 6) is -2.55. The van der Waals surface area contributed by atoms with Gasteiger partial charge >= 0.3 is 12.1 Å². The van der Waals surface area contributed by atoms with E-state index in [2.05, 4.69) is 15.5 Å². The van der Waals surface area contributed by atoms with Gasteiger partial charge in [0.15, 0.2) is 5.60 Å². The summed E-state index contributed by atoms with van der Waals surface area (Å²) in [6, 6.07) is 3.75. The average Bonchev–Trinajstić information content (AvgIpc) is 3.26. The van der Waals surface area contributed by atoms with Crippen LogP contribution in [0.4, 0.5) is 13.2 Å². The molecule has 3 aliphatic rings. The minimum absolute atomic E-state index is 0.161. The molecule has 0 aromatic carbocycles. The Morgan fingerprint density at radius 1 is 1.20 bits per heavy atom. The Hall–Kier alpha value is -3.18. The Morgan fingerprint density at radius 3 is 2.54 bits per heavy atom. The van der Waals surface area contributed by atoms with Gasteiger partial charge < -0.3 is 20.2 Å². The zero-order valence-corrected chi connectivity index (χ0v) is 19.2. The number of hydrogen-bond donors (Lipinski definition) is 2. The number of oxime groups is 1. The van der Waals surface area contributed by atoms with Crippen molar-refractivity contribution in [3.05, 3.63) is 30.1 Å². The van der Waals surface area contributed by atoms with Crippen LogP contribution in [0.5, 0.6) is 0 Å². The molecule has 3 heterocycles. The SMILES string of the molecule is O=C(NCc1cccnc1)C1=NOC2(CCCN(C(=O)C3CCCCC3)C2)C1.O=C(O)C(F)(F)F. The topological polar surface area (TPSA) is 121 Å². The standard InChI is InChI=1S/C21H28N4O3.C2HF3O2/c26-19(23-14-16-6-4-10-22-13-16)18-12-21(28-24-18)9-5-11-25(15-21)20(27)17-7-2-1-3-8-17;3-2(4,5)1(6)7/h4,6,10,13,17H,1-3,5,7-9,11-12,14-15H2,(H,23,26);(H,6,7). The predicted molar refractivity (Wildman–Crippen MR) is 118 cm³/mol. The molecule has 0 bridgehead atoms. The van der Waals surface area contributed by atoms with Crippen molar-refractivity contribution < 1.29 is 37.5 Å². The molecule has 1 spiro atoms. The fraction of sp³-hybridized carbons (Fsp3) is 0.609. The quantitative estimate of drug-likeness (QED) is 0.658. The Bertz CT molecular complexity index is 935. The zero-order valence-electron chi connectivity index (χ0n) is 19.2. The molecular weight excluding hydrogens is 469 g/mol. The molecule has 1 aromatic heterocycles. The van der Waals surface area contributed by atoms with Crippen LogP contribution < -0.4 is 5.32 Å². The molecule has 9 nitrogen and oxygen atoms in total. The van der Waals surface area contributed by atoms with Crippen LogP contribution in [0.15, 0.2) is 29.7 Å². The van der Waals surface area contributed by atoms with Crippen molar-refractivity contribution in [1.29, 1.82) is 0 Å². The van der Waals surface area contributed by atoms with Gasteiger partial charge in [0.1, 0.15) is 5.71 Å². The van der Waals surface area contributed by atoms with E-state index in [-0.39, 0.29) is 17.7 Å². The van der Waals surface area contributed by atoms with Crippen molar-refractivity contribution in [1.82, 2.24) is 15.2 Å². The van der Waals surface area contributed by atoms with Crippen LogP contribution in [0.2, 0.25) is 0 Å². The van der Waals surface area contributed by atoms with E-state index in [1.165, 1.54) is 6.42 Å². The number of halogens is 3. The summed E-state index contributed by atoms with van der Waals surface area (Å²) < 4.78 is 31.7. The summed E-state index contributed by atoms with van der Waals surface area (Å²) in [7, 11) is 0. The number of aromatic nitrogens is 1. The number of carboxylic acids is 1. The molecule has 1 saturated carbocycles. The van der Waals surface area contributed by atoms with Crippen LogP contribution in [-0.2, 0) is 25.8 Å². The maximum atomic E-state index is 12.9. The van der Waals surface area contributed by atoms with E-state index in [0.717, 1.165) is 50.6 Å². The largest absolute Gasteiger partial charge is 0.490 e. The number of carbonyl (C=O) groups excluding carboxylic acids is 2. The molecule has 35 heavy (non-hydrogen) atoms. The maximum absolute atomic E-state index is 12.9. The molecule has 1 unspecified atom stereocenters. The number of hydrogen-bond acceptors (Lipinski definition) is 6. The molecule has 0 radical (unpaired) electrons. The van der Waals surface area contributed by atoms with Crippen LogP contribution in [0.25, 0.3) is 0 Å². The van der Waals surface area contributed by atoms with Gasteiger partial charge in [-0.15, -0.1) is 0 Å². The minimum atomic E-state index is -5.08. The van der Waals surface area contributed by atoms with Crippen molar-refractivity contribution in [2.75, 3.05) is 13.1 Å². The summed E-state index contributed by atoms with van der Waals surface area (Å²) in [6.07, 6.45) is 6.05. The van der Waals surface area contributed by atoms with Gasteiger partial charge in [-0.05, 0) is 37.3 Å². The lowest BCUT2D eigenvalue weighted by Crippen LogP contribution is -2.52. The molecule has 1 saturated heterocycles. The molecule has 1 aliphatic carbocycles. The molecule has 2 amide bonds. The van der Waals surface area contributed by atoms with Crippen LogP contribution in [-0.4, -0.2) is 63.4 Å². The van der Waals surface area contributed by atoms with Crippen LogP contribution in [0, 0.1) is 5.92 Å². The monoisotopic (exact) mass is 498 g/mol. The average molecular weight is 499 g/mol. The number of amides is 2. The lowest BCUT2D eigenvalue weighted by Gasteiger charge is -2.40. The van der Waals surface area contributed by atoms with Crippen molar-refractivity contribution in [2.45, 2.75) is 69.7 Å². The van der Waals surface area contributed by atoms with Gasteiger partial charge in [-0.2, -0.15) is 13.2 Å². The molecule has 2 fully saturated rings. The van der Waals surface area contributed by atoms with E-state index in [0.29, 0.717) is 25.2 Å². The Morgan fingerprint density at radius 2 is 1.91 bits per heavy atom. The van der Waals surface area contributed by atoms with Crippen LogP contribution in [0.3, 0.4) is 0 Å². The van der Waals surface area contributed by atoms with Gasteiger partial charge in [-0.3, -0.25) is 14.6 Å². The normalized spacial score (nSPS) is 22.5. The first-order chi connectivity index (χ1) is 16.6. The number of piperidine rings is 1. The van der Waals surface area contributed by atoms with E-state index < -0.39 is 17.7 Å². The summed E-state index contributed by atoms with van der Waals surface area (Å²) in [4.78, 5) is 46.0. The summed E-state index contributed by atoms with van der Waals surface area (Å²) >= 11 is 0. The molecule has 4 rings (SSSR count). The van der Waals surface area contributed by atoms with E-state index in [4.69, 9.17) is 14.7 Å². The van der Waals surface area contributed by atoms with Crippen molar-refractivity contribution in [2.24, 2.45) is 11.1 Å². The molecule has 2 N–H and O–H groups in total. The first-order valence-corrected chi connectivity index (χ1v) is 11.6. The highest BCUT2D eigenvalue weighted by atomic mass is 19.4. The molecule has 1 atom stereocenters. The first kappa shape index (κ1) is 26.4. The first-order valence-electron chi connectivity index (χ1n) is 11.6. The Balaban J connectivity index is 0.000000429. The summed E-state index contributed by atoms with van der Waals surface area (Å²) in [5.41, 5.74) is 0.812. The number of aliphatic carboxylic acids is 1. The molecule has 2 aliphatic heterocycles. The van der Waals surface area contributed by atoms with Gasteiger partial charge in [0, 0.05) is 37.8 Å².